The molecule has 0 atom stereocenters. The molecule has 98 valence electrons. The molecule has 0 saturated heterocycles. The Bertz CT molecular complexity index is 178. The fraction of sp³-hybridized carbons (Fsp3) is 0.765. The third-order valence-electron chi connectivity index (χ3n) is 3.62. The Hall–Kier alpha value is -0.520. The van der Waals surface area contributed by atoms with Crippen LogP contribution in [0, 0.1) is 0 Å². The van der Waals surface area contributed by atoms with Crippen LogP contribution in [0.5, 0.6) is 0 Å². The lowest BCUT2D eigenvalue weighted by molar-refractivity contribution is 0.547. The zero-order chi connectivity index (χ0) is 12.0. The van der Waals surface area contributed by atoms with E-state index in [1.54, 1.807) is 0 Å². The largest absolute Gasteiger partial charge is 0.0845 e. The molecule has 0 spiro atoms. The summed E-state index contributed by atoms with van der Waals surface area (Å²) in [4.78, 5) is 0. The lowest BCUT2D eigenvalue weighted by atomic mass is 10.0. The van der Waals surface area contributed by atoms with Gasteiger partial charge in [-0.15, -0.1) is 0 Å². The highest BCUT2D eigenvalue weighted by molar-refractivity contribution is 5.02. The summed E-state index contributed by atoms with van der Waals surface area (Å²) in [6.07, 6.45) is 27.5. The minimum Gasteiger partial charge on any atom is -0.0845 e. The third kappa shape index (κ3) is 10.4. The summed E-state index contributed by atoms with van der Waals surface area (Å²) in [5, 5.41) is 0. The molecule has 0 nitrogen and oxygen atoms in total. The van der Waals surface area contributed by atoms with Gasteiger partial charge in [0.2, 0.25) is 0 Å². The van der Waals surface area contributed by atoms with E-state index in [0.29, 0.717) is 0 Å². The van der Waals surface area contributed by atoms with Gasteiger partial charge in [0.1, 0.15) is 0 Å². The Morgan fingerprint density at radius 3 is 1.00 bits per heavy atom. The molecule has 0 aromatic rings. The van der Waals surface area contributed by atoms with Crippen LogP contribution < -0.4 is 0 Å². The van der Waals surface area contributed by atoms with Crippen molar-refractivity contribution in [2.24, 2.45) is 0 Å². The molecule has 17 heavy (non-hydrogen) atoms. The van der Waals surface area contributed by atoms with Crippen LogP contribution in [-0.4, -0.2) is 0 Å². The van der Waals surface area contributed by atoms with Gasteiger partial charge in [0.25, 0.3) is 0 Å². The van der Waals surface area contributed by atoms with Gasteiger partial charge in [-0.3, -0.25) is 0 Å². The van der Waals surface area contributed by atoms with E-state index < -0.39 is 0 Å². The lowest BCUT2D eigenvalue weighted by Crippen LogP contribution is -1.82. The molecular formula is C17H30. The van der Waals surface area contributed by atoms with Crippen LogP contribution in [-0.2, 0) is 0 Å². The molecule has 0 saturated carbocycles. The molecule has 0 heteroatoms. The van der Waals surface area contributed by atoms with E-state index in [4.69, 9.17) is 0 Å². The molecule has 0 aromatic heterocycles. The second-order valence-corrected chi connectivity index (χ2v) is 5.32. The van der Waals surface area contributed by atoms with E-state index in [9.17, 15) is 0 Å². The van der Waals surface area contributed by atoms with Crippen molar-refractivity contribution in [3.63, 3.8) is 0 Å². The number of hydrogen-bond acceptors (Lipinski definition) is 0. The van der Waals surface area contributed by atoms with Crippen molar-refractivity contribution in [3.8, 4) is 0 Å². The van der Waals surface area contributed by atoms with Crippen LogP contribution in [0.15, 0.2) is 24.3 Å². The monoisotopic (exact) mass is 234 g/mol. The van der Waals surface area contributed by atoms with Gasteiger partial charge < -0.3 is 0 Å². The standard InChI is InChI=1S/C17H30/c1-2-4-6-8-10-12-14-16-17-15-13-11-9-7-5-3-1/h1-4H,5-17H2. The molecule has 0 amide bonds. The van der Waals surface area contributed by atoms with Crippen LogP contribution in [0.25, 0.3) is 0 Å². The zero-order valence-corrected chi connectivity index (χ0v) is 11.5. The highest BCUT2D eigenvalue weighted by Gasteiger charge is 1.93. The topological polar surface area (TPSA) is 0 Å². The minimum atomic E-state index is 1.27. The van der Waals surface area contributed by atoms with Crippen molar-refractivity contribution in [1.82, 2.24) is 0 Å². The summed E-state index contributed by atoms with van der Waals surface area (Å²) < 4.78 is 0. The molecule has 1 rings (SSSR count). The van der Waals surface area contributed by atoms with Crippen molar-refractivity contribution < 1.29 is 0 Å². The summed E-state index contributed by atoms with van der Waals surface area (Å²) in [6, 6.07) is 0. The first-order valence-corrected chi connectivity index (χ1v) is 7.82. The maximum Gasteiger partial charge on any atom is -0.0348 e. The van der Waals surface area contributed by atoms with E-state index in [-0.39, 0.29) is 0 Å². The predicted octanol–water partition coefficient (Wildman–Crippen LogP) is 6.18. The summed E-state index contributed by atoms with van der Waals surface area (Å²) in [5.74, 6) is 0. The van der Waals surface area contributed by atoms with E-state index in [1.807, 2.05) is 0 Å². The Morgan fingerprint density at radius 2 is 0.647 bits per heavy atom. The van der Waals surface area contributed by atoms with E-state index in [2.05, 4.69) is 24.3 Å². The van der Waals surface area contributed by atoms with Crippen molar-refractivity contribution in [3.05, 3.63) is 24.3 Å². The highest BCUT2D eigenvalue weighted by Crippen LogP contribution is 2.13. The molecule has 0 bridgehead atoms. The smallest absolute Gasteiger partial charge is 0.0348 e. The zero-order valence-electron chi connectivity index (χ0n) is 11.5. The Kier molecular flexibility index (Phi) is 10.2. The van der Waals surface area contributed by atoms with Crippen LogP contribution in [0.2, 0.25) is 0 Å². The second-order valence-electron chi connectivity index (χ2n) is 5.32. The summed E-state index contributed by atoms with van der Waals surface area (Å²) >= 11 is 0. The molecule has 0 fully saturated rings. The molecule has 0 radical (unpaired) electrons. The van der Waals surface area contributed by atoms with Gasteiger partial charge in [0, 0.05) is 0 Å². The van der Waals surface area contributed by atoms with E-state index >= 15 is 0 Å². The van der Waals surface area contributed by atoms with Gasteiger partial charge in [-0.2, -0.15) is 0 Å². The van der Waals surface area contributed by atoms with Gasteiger partial charge in [-0.1, -0.05) is 82.1 Å². The number of allylic oxidation sites excluding steroid dienone is 4. The highest BCUT2D eigenvalue weighted by atomic mass is 14.0. The predicted molar refractivity (Wildman–Crippen MR) is 78.3 cm³/mol. The fourth-order valence-corrected chi connectivity index (χ4v) is 2.46. The van der Waals surface area contributed by atoms with Crippen LogP contribution in [0.1, 0.15) is 83.5 Å². The van der Waals surface area contributed by atoms with E-state index in [1.165, 1.54) is 83.5 Å². The molecule has 0 aliphatic heterocycles. The number of hydrogen-bond donors (Lipinski definition) is 0. The maximum atomic E-state index is 2.33. The normalized spacial score (nSPS) is 22.1. The molecule has 1 aliphatic carbocycles. The van der Waals surface area contributed by atoms with Gasteiger partial charge in [0.05, 0.1) is 0 Å². The molecule has 0 heterocycles. The summed E-state index contributed by atoms with van der Waals surface area (Å²) in [5.41, 5.74) is 0. The van der Waals surface area contributed by atoms with Gasteiger partial charge >= 0.3 is 0 Å². The molecule has 0 N–H and O–H groups in total. The van der Waals surface area contributed by atoms with Gasteiger partial charge in [0.15, 0.2) is 0 Å². The first-order valence-electron chi connectivity index (χ1n) is 7.82. The van der Waals surface area contributed by atoms with Crippen molar-refractivity contribution in [1.29, 1.82) is 0 Å². The Balaban J connectivity index is 2.13. The lowest BCUT2D eigenvalue weighted by Gasteiger charge is -2.02. The average molecular weight is 234 g/mol. The third-order valence-corrected chi connectivity index (χ3v) is 3.62. The maximum absolute atomic E-state index is 2.33. The van der Waals surface area contributed by atoms with Crippen LogP contribution in [0.4, 0.5) is 0 Å². The summed E-state index contributed by atoms with van der Waals surface area (Å²) in [6.45, 7) is 0. The second kappa shape index (κ2) is 12.0. The molecule has 0 unspecified atom stereocenters. The molecule has 0 aromatic carbocycles. The van der Waals surface area contributed by atoms with E-state index in [0.717, 1.165) is 0 Å². The van der Waals surface area contributed by atoms with Gasteiger partial charge in [-0.05, 0) is 25.7 Å². The fourth-order valence-electron chi connectivity index (χ4n) is 2.46. The van der Waals surface area contributed by atoms with Crippen LogP contribution >= 0.6 is 0 Å². The van der Waals surface area contributed by atoms with Crippen molar-refractivity contribution >= 4 is 0 Å². The minimum absolute atomic E-state index is 1.27. The quantitative estimate of drug-likeness (QED) is 0.469. The van der Waals surface area contributed by atoms with Crippen molar-refractivity contribution in [2.45, 2.75) is 83.5 Å². The SMILES string of the molecule is C1=CCCCCCCCCCCCCCC=C1. The van der Waals surface area contributed by atoms with Crippen LogP contribution in [0.3, 0.4) is 0 Å². The van der Waals surface area contributed by atoms with Gasteiger partial charge in [-0.25, -0.2) is 0 Å². The Morgan fingerprint density at radius 1 is 0.353 bits per heavy atom. The molecular weight excluding hydrogens is 204 g/mol. The number of rotatable bonds is 0. The first kappa shape index (κ1) is 14.5. The Labute approximate surface area is 108 Å². The summed E-state index contributed by atoms with van der Waals surface area (Å²) in [7, 11) is 0. The first-order chi connectivity index (χ1) is 8.50. The molecule has 1 aliphatic rings. The average Bonchev–Trinajstić information content (AvgIpc) is 2.35. The van der Waals surface area contributed by atoms with Crippen molar-refractivity contribution in [2.75, 3.05) is 0 Å².